The summed E-state index contributed by atoms with van der Waals surface area (Å²) < 4.78 is 0. The molecule has 1 fully saturated rings. The van der Waals surface area contributed by atoms with Gasteiger partial charge in [0.1, 0.15) is 18.1 Å². The summed E-state index contributed by atoms with van der Waals surface area (Å²) in [5.74, 6) is -3.60. The average molecular weight is 523 g/mol. The molecule has 0 aromatic heterocycles. The van der Waals surface area contributed by atoms with Crippen LogP contribution in [0.5, 0.6) is 0 Å². The van der Waals surface area contributed by atoms with Crippen molar-refractivity contribution in [3.05, 3.63) is 35.9 Å². The third kappa shape index (κ3) is 8.83. The van der Waals surface area contributed by atoms with Crippen molar-refractivity contribution >= 4 is 41.4 Å². The van der Waals surface area contributed by atoms with Gasteiger partial charge < -0.3 is 31.5 Å². The van der Waals surface area contributed by atoms with Gasteiger partial charge in [-0.2, -0.15) is 11.8 Å². The number of carbonyl (C=O) groups is 5. The summed E-state index contributed by atoms with van der Waals surface area (Å²) in [5.41, 5.74) is 6.92. The summed E-state index contributed by atoms with van der Waals surface area (Å²) in [6.45, 7) is 0.205. The van der Waals surface area contributed by atoms with E-state index in [2.05, 4.69) is 10.6 Å². The molecule has 0 radical (unpaired) electrons. The van der Waals surface area contributed by atoms with E-state index in [4.69, 9.17) is 10.8 Å². The number of carbonyl (C=O) groups excluding carboxylic acids is 3. The van der Waals surface area contributed by atoms with Crippen LogP contribution in [-0.4, -0.2) is 87.5 Å². The SMILES string of the molecule is CSCCC(NC(=O)C(N)Cc1ccccc1)C(=O)NC(CCC(=O)O)C(=O)N1CCCC1C(=O)O. The monoisotopic (exact) mass is 522 g/mol. The maximum absolute atomic E-state index is 13.1. The molecule has 11 nitrogen and oxygen atoms in total. The van der Waals surface area contributed by atoms with Crippen molar-refractivity contribution in [2.75, 3.05) is 18.6 Å². The van der Waals surface area contributed by atoms with Crippen molar-refractivity contribution < 1.29 is 34.2 Å². The van der Waals surface area contributed by atoms with Gasteiger partial charge in [0.15, 0.2) is 0 Å². The van der Waals surface area contributed by atoms with E-state index in [-0.39, 0.29) is 32.2 Å². The van der Waals surface area contributed by atoms with E-state index in [1.807, 2.05) is 36.6 Å². The second-order valence-corrected chi connectivity index (χ2v) is 9.65. The highest BCUT2D eigenvalue weighted by Crippen LogP contribution is 2.20. The number of carboxylic acid groups (broad SMARTS) is 2. The van der Waals surface area contributed by atoms with Crippen molar-refractivity contribution in [3.63, 3.8) is 0 Å². The molecule has 1 aliphatic heterocycles. The van der Waals surface area contributed by atoms with Crippen molar-refractivity contribution in [2.24, 2.45) is 5.73 Å². The second kappa shape index (κ2) is 14.4. The minimum atomic E-state index is -1.24. The Hall–Kier alpha value is -3.12. The van der Waals surface area contributed by atoms with E-state index in [1.165, 1.54) is 16.7 Å². The molecule has 4 unspecified atom stereocenters. The van der Waals surface area contributed by atoms with Crippen LogP contribution in [0.15, 0.2) is 30.3 Å². The Labute approximate surface area is 214 Å². The molecular formula is C24H34N4O7S. The molecule has 0 saturated carbocycles. The van der Waals surface area contributed by atoms with E-state index < -0.39 is 60.2 Å². The number of nitrogens with one attached hydrogen (secondary N) is 2. The number of hydrogen-bond acceptors (Lipinski definition) is 7. The molecule has 0 aliphatic carbocycles. The van der Waals surface area contributed by atoms with Gasteiger partial charge in [0.2, 0.25) is 17.7 Å². The Bertz CT molecular complexity index is 930. The third-order valence-corrected chi connectivity index (χ3v) is 6.61. The van der Waals surface area contributed by atoms with Crippen LogP contribution in [0.3, 0.4) is 0 Å². The Morgan fingerprint density at radius 3 is 2.33 bits per heavy atom. The number of amides is 3. The van der Waals surface area contributed by atoms with Crippen molar-refractivity contribution in [3.8, 4) is 0 Å². The first-order valence-electron chi connectivity index (χ1n) is 11.8. The maximum Gasteiger partial charge on any atom is 0.326 e. The van der Waals surface area contributed by atoms with Crippen LogP contribution in [0, 0.1) is 0 Å². The average Bonchev–Trinajstić information content (AvgIpc) is 3.34. The van der Waals surface area contributed by atoms with Crippen LogP contribution in [-0.2, 0) is 30.4 Å². The lowest BCUT2D eigenvalue weighted by Crippen LogP contribution is -2.57. The second-order valence-electron chi connectivity index (χ2n) is 8.66. The molecule has 1 heterocycles. The lowest BCUT2D eigenvalue weighted by Gasteiger charge is -2.28. The molecule has 2 rings (SSSR count). The smallest absolute Gasteiger partial charge is 0.326 e. The van der Waals surface area contributed by atoms with Crippen molar-refractivity contribution in [1.29, 1.82) is 0 Å². The molecule has 3 amide bonds. The minimum Gasteiger partial charge on any atom is -0.481 e. The van der Waals surface area contributed by atoms with Crippen LogP contribution in [0.4, 0.5) is 0 Å². The van der Waals surface area contributed by atoms with Crippen LogP contribution in [0.25, 0.3) is 0 Å². The quantitative estimate of drug-likeness (QED) is 0.228. The molecule has 1 saturated heterocycles. The lowest BCUT2D eigenvalue weighted by molar-refractivity contribution is -0.150. The summed E-state index contributed by atoms with van der Waals surface area (Å²) in [4.78, 5) is 62.9. The Balaban J connectivity index is 2.12. The summed E-state index contributed by atoms with van der Waals surface area (Å²) in [6, 6.07) is 5.03. The molecule has 0 spiro atoms. The van der Waals surface area contributed by atoms with Crippen LogP contribution in [0.1, 0.15) is 37.7 Å². The summed E-state index contributed by atoms with van der Waals surface area (Å²) in [7, 11) is 0. The van der Waals surface area contributed by atoms with Gasteiger partial charge in [0.05, 0.1) is 6.04 Å². The first-order valence-corrected chi connectivity index (χ1v) is 13.2. The highest BCUT2D eigenvalue weighted by molar-refractivity contribution is 7.98. The fraction of sp³-hybridized carbons (Fsp3) is 0.542. The molecule has 1 aliphatic rings. The normalized spacial score (nSPS) is 17.6. The van der Waals surface area contributed by atoms with Gasteiger partial charge in [-0.05, 0) is 49.7 Å². The predicted octanol–water partition coefficient (Wildman–Crippen LogP) is 0.220. The van der Waals surface area contributed by atoms with E-state index in [0.29, 0.717) is 12.2 Å². The van der Waals surface area contributed by atoms with Crippen LogP contribution >= 0.6 is 11.8 Å². The number of likely N-dealkylation sites (tertiary alicyclic amines) is 1. The number of benzene rings is 1. The largest absolute Gasteiger partial charge is 0.481 e. The van der Waals surface area contributed by atoms with E-state index >= 15 is 0 Å². The number of carboxylic acids is 2. The van der Waals surface area contributed by atoms with Gasteiger partial charge >= 0.3 is 11.9 Å². The van der Waals surface area contributed by atoms with E-state index in [9.17, 15) is 29.1 Å². The Kier molecular flexibility index (Phi) is 11.7. The summed E-state index contributed by atoms with van der Waals surface area (Å²) in [5, 5.41) is 23.7. The summed E-state index contributed by atoms with van der Waals surface area (Å²) >= 11 is 1.47. The number of nitrogens with two attached hydrogens (primary N) is 1. The maximum atomic E-state index is 13.1. The highest BCUT2D eigenvalue weighted by Gasteiger charge is 2.38. The zero-order valence-electron chi connectivity index (χ0n) is 20.2. The highest BCUT2D eigenvalue weighted by atomic mass is 32.2. The molecule has 6 N–H and O–H groups in total. The summed E-state index contributed by atoms with van der Waals surface area (Å²) in [6.07, 6.45) is 2.55. The minimum absolute atomic E-state index is 0.205. The fourth-order valence-electron chi connectivity index (χ4n) is 4.03. The molecule has 12 heteroatoms. The number of aliphatic carboxylic acids is 2. The van der Waals surface area contributed by atoms with Gasteiger partial charge in [-0.1, -0.05) is 30.3 Å². The predicted molar refractivity (Wildman–Crippen MR) is 134 cm³/mol. The van der Waals surface area contributed by atoms with Crippen LogP contribution in [0.2, 0.25) is 0 Å². The molecular weight excluding hydrogens is 488 g/mol. The lowest BCUT2D eigenvalue weighted by atomic mass is 10.0. The molecule has 36 heavy (non-hydrogen) atoms. The number of thioether (sulfide) groups is 1. The number of nitrogens with zero attached hydrogens (tertiary/aromatic N) is 1. The first kappa shape index (κ1) is 29.1. The van der Waals surface area contributed by atoms with Crippen molar-refractivity contribution in [2.45, 2.75) is 62.7 Å². The number of hydrogen-bond donors (Lipinski definition) is 5. The Morgan fingerprint density at radius 1 is 1.06 bits per heavy atom. The van der Waals surface area contributed by atoms with E-state index in [1.54, 1.807) is 0 Å². The molecule has 4 atom stereocenters. The Morgan fingerprint density at radius 2 is 1.72 bits per heavy atom. The van der Waals surface area contributed by atoms with Crippen molar-refractivity contribution in [1.82, 2.24) is 15.5 Å². The number of rotatable bonds is 14. The van der Waals surface area contributed by atoms with Crippen LogP contribution < -0.4 is 16.4 Å². The molecule has 198 valence electrons. The fourth-order valence-corrected chi connectivity index (χ4v) is 4.50. The third-order valence-electron chi connectivity index (χ3n) is 5.96. The van der Waals surface area contributed by atoms with E-state index in [0.717, 1.165) is 5.56 Å². The van der Waals surface area contributed by atoms with Gasteiger partial charge in [0.25, 0.3) is 0 Å². The topological polar surface area (TPSA) is 179 Å². The van der Waals surface area contributed by atoms with Gasteiger partial charge in [-0.15, -0.1) is 0 Å². The standard InChI is InChI=1S/C24H34N4O7S/c1-36-13-11-17(26-21(31)16(25)14-15-6-3-2-4-7-15)22(32)27-18(9-10-20(29)30)23(33)28-12-5-8-19(28)24(34)35/h2-4,6-7,16-19H,5,8-14,25H2,1H3,(H,26,31)(H,27,32)(H,29,30)(H,34,35). The zero-order chi connectivity index (χ0) is 26.7. The molecule has 1 aromatic carbocycles. The molecule has 1 aromatic rings. The zero-order valence-corrected chi connectivity index (χ0v) is 21.0. The first-order chi connectivity index (χ1) is 17.1. The van der Waals surface area contributed by atoms with Gasteiger partial charge in [-0.25, -0.2) is 4.79 Å². The molecule has 0 bridgehead atoms. The van der Waals surface area contributed by atoms with Gasteiger partial charge in [0, 0.05) is 13.0 Å². The van der Waals surface area contributed by atoms with Gasteiger partial charge in [-0.3, -0.25) is 19.2 Å².